The van der Waals surface area contributed by atoms with Crippen LogP contribution in [-0.4, -0.2) is 31.0 Å². The zero-order valence-electron chi connectivity index (χ0n) is 12.7. The summed E-state index contributed by atoms with van der Waals surface area (Å²) in [5.74, 6) is -1.00. The molecule has 0 aliphatic carbocycles. The molecule has 6 heteroatoms. The molecule has 1 aromatic rings. The van der Waals surface area contributed by atoms with E-state index in [-0.39, 0.29) is 36.1 Å². The summed E-state index contributed by atoms with van der Waals surface area (Å²) < 4.78 is 18.3. The molecule has 0 radical (unpaired) electrons. The van der Waals surface area contributed by atoms with E-state index >= 15 is 0 Å². The molecule has 0 aliphatic heterocycles. The van der Waals surface area contributed by atoms with Gasteiger partial charge in [-0.2, -0.15) is 0 Å². The number of halogens is 1. The zero-order chi connectivity index (χ0) is 16.0. The third kappa shape index (κ3) is 6.25. The molecule has 5 nitrogen and oxygen atoms in total. The highest BCUT2D eigenvalue weighted by molar-refractivity contribution is 5.86. The van der Waals surface area contributed by atoms with Crippen LogP contribution < -0.4 is 15.4 Å². The number of amides is 2. The van der Waals surface area contributed by atoms with Crippen LogP contribution >= 0.6 is 0 Å². The topological polar surface area (TPSA) is 67.4 Å². The van der Waals surface area contributed by atoms with E-state index in [0.717, 1.165) is 0 Å². The van der Waals surface area contributed by atoms with Crippen molar-refractivity contribution in [1.82, 2.24) is 10.6 Å². The second-order valence-corrected chi connectivity index (χ2v) is 5.72. The Kier molecular flexibility index (Phi) is 5.69. The average Bonchev–Trinajstić information content (AvgIpc) is 2.34. The number of ether oxygens (including phenoxy) is 1. The van der Waals surface area contributed by atoms with Gasteiger partial charge in [0.15, 0.2) is 11.6 Å². The highest BCUT2D eigenvalue weighted by Gasteiger charge is 2.14. The third-order valence-corrected chi connectivity index (χ3v) is 2.54. The standard InChI is InChI=1S/C15H21FN2O3/c1-15(2,3)18-14(20)9-17-13(19)8-10-5-6-12(21-4)11(16)7-10/h5-7H,8-9H2,1-4H3,(H,17,19)(H,18,20). The van der Waals surface area contributed by atoms with Gasteiger partial charge in [-0.25, -0.2) is 4.39 Å². The van der Waals surface area contributed by atoms with E-state index in [0.29, 0.717) is 5.56 Å². The minimum absolute atomic E-state index is 0.00368. The van der Waals surface area contributed by atoms with Gasteiger partial charge in [-0.05, 0) is 38.5 Å². The first-order chi connectivity index (χ1) is 9.71. The van der Waals surface area contributed by atoms with E-state index in [9.17, 15) is 14.0 Å². The first-order valence-corrected chi connectivity index (χ1v) is 6.61. The van der Waals surface area contributed by atoms with E-state index in [2.05, 4.69) is 10.6 Å². The molecule has 1 aromatic carbocycles. The zero-order valence-corrected chi connectivity index (χ0v) is 12.7. The minimum Gasteiger partial charge on any atom is -0.494 e. The van der Waals surface area contributed by atoms with Crippen LogP contribution in [0.1, 0.15) is 26.3 Å². The van der Waals surface area contributed by atoms with Crippen molar-refractivity contribution in [3.8, 4) is 5.75 Å². The quantitative estimate of drug-likeness (QED) is 0.863. The molecular weight excluding hydrogens is 275 g/mol. The molecule has 0 heterocycles. The van der Waals surface area contributed by atoms with Crippen molar-refractivity contribution in [2.75, 3.05) is 13.7 Å². The van der Waals surface area contributed by atoms with Gasteiger partial charge in [-0.15, -0.1) is 0 Å². The molecule has 2 amide bonds. The number of carbonyl (C=O) groups excluding carboxylic acids is 2. The van der Waals surface area contributed by atoms with Crippen molar-refractivity contribution in [1.29, 1.82) is 0 Å². The highest BCUT2D eigenvalue weighted by Crippen LogP contribution is 2.17. The number of rotatable bonds is 5. The lowest BCUT2D eigenvalue weighted by Gasteiger charge is -2.20. The van der Waals surface area contributed by atoms with E-state index in [1.54, 1.807) is 6.07 Å². The first kappa shape index (κ1) is 16.9. The molecule has 0 bridgehead atoms. The second-order valence-electron chi connectivity index (χ2n) is 5.72. The van der Waals surface area contributed by atoms with E-state index < -0.39 is 5.82 Å². The molecule has 2 N–H and O–H groups in total. The van der Waals surface area contributed by atoms with Gasteiger partial charge in [0, 0.05) is 5.54 Å². The van der Waals surface area contributed by atoms with Gasteiger partial charge >= 0.3 is 0 Å². The van der Waals surface area contributed by atoms with Crippen LogP contribution in [0.3, 0.4) is 0 Å². The monoisotopic (exact) mass is 296 g/mol. The highest BCUT2D eigenvalue weighted by atomic mass is 19.1. The molecule has 0 spiro atoms. The van der Waals surface area contributed by atoms with Gasteiger partial charge in [-0.1, -0.05) is 6.07 Å². The molecule has 0 atom stereocenters. The van der Waals surface area contributed by atoms with Crippen LogP contribution in [0.4, 0.5) is 4.39 Å². The Bertz CT molecular complexity index is 524. The lowest BCUT2D eigenvalue weighted by Crippen LogP contribution is -2.46. The largest absolute Gasteiger partial charge is 0.494 e. The van der Waals surface area contributed by atoms with Crippen LogP contribution in [0.15, 0.2) is 18.2 Å². The Balaban J connectivity index is 2.47. The number of hydrogen-bond donors (Lipinski definition) is 2. The number of methoxy groups -OCH3 is 1. The summed E-state index contributed by atoms with van der Waals surface area (Å²) in [5, 5.41) is 5.23. The number of nitrogens with one attached hydrogen (secondary N) is 2. The number of hydrogen-bond acceptors (Lipinski definition) is 3. The van der Waals surface area contributed by atoms with Gasteiger partial charge in [0.25, 0.3) is 0 Å². The summed E-state index contributed by atoms with van der Waals surface area (Å²) in [6.07, 6.45) is 0.00368. The maximum atomic E-state index is 13.5. The molecule has 0 aromatic heterocycles. The molecular formula is C15H21FN2O3. The SMILES string of the molecule is COc1ccc(CC(=O)NCC(=O)NC(C)(C)C)cc1F. The van der Waals surface area contributed by atoms with Crippen LogP contribution in [0.5, 0.6) is 5.75 Å². The normalized spacial score (nSPS) is 10.9. The smallest absolute Gasteiger partial charge is 0.239 e. The predicted molar refractivity (Wildman–Crippen MR) is 77.6 cm³/mol. The second kappa shape index (κ2) is 7.06. The third-order valence-electron chi connectivity index (χ3n) is 2.54. The van der Waals surface area contributed by atoms with Crippen molar-refractivity contribution in [3.63, 3.8) is 0 Å². The van der Waals surface area contributed by atoms with Gasteiger partial charge < -0.3 is 15.4 Å². The lowest BCUT2D eigenvalue weighted by molar-refractivity contribution is -0.126. The predicted octanol–water partition coefficient (Wildman–Crippen LogP) is 1.41. The Morgan fingerprint density at radius 3 is 2.43 bits per heavy atom. The average molecular weight is 296 g/mol. The van der Waals surface area contributed by atoms with Crippen molar-refractivity contribution >= 4 is 11.8 Å². The summed E-state index contributed by atoms with van der Waals surface area (Å²) in [7, 11) is 1.37. The van der Waals surface area contributed by atoms with Gasteiger partial charge in [0.1, 0.15) is 0 Å². The molecule has 0 unspecified atom stereocenters. The summed E-state index contributed by atoms with van der Waals surface area (Å²) in [4.78, 5) is 23.3. The Morgan fingerprint density at radius 2 is 1.90 bits per heavy atom. The molecule has 0 aliphatic rings. The Morgan fingerprint density at radius 1 is 1.24 bits per heavy atom. The number of benzene rings is 1. The molecule has 1 rings (SSSR count). The maximum absolute atomic E-state index is 13.5. The molecule has 0 saturated heterocycles. The van der Waals surface area contributed by atoms with E-state index in [1.807, 2.05) is 20.8 Å². The summed E-state index contributed by atoms with van der Waals surface area (Å²) >= 11 is 0. The summed E-state index contributed by atoms with van der Waals surface area (Å²) in [6.45, 7) is 5.46. The number of carbonyl (C=O) groups is 2. The van der Waals surface area contributed by atoms with Crippen LogP contribution in [0.25, 0.3) is 0 Å². The van der Waals surface area contributed by atoms with Crippen molar-refractivity contribution in [2.24, 2.45) is 0 Å². The van der Waals surface area contributed by atoms with Crippen molar-refractivity contribution in [2.45, 2.75) is 32.7 Å². The van der Waals surface area contributed by atoms with Crippen molar-refractivity contribution < 1.29 is 18.7 Å². The fraction of sp³-hybridized carbons (Fsp3) is 0.467. The van der Waals surface area contributed by atoms with Crippen LogP contribution in [0, 0.1) is 5.82 Å². The fourth-order valence-electron chi connectivity index (χ4n) is 1.71. The fourth-order valence-corrected chi connectivity index (χ4v) is 1.71. The summed E-state index contributed by atoms with van der Waals surface area (Å²) in [6, 6.07) is 4.31. The lowest BCUT2D eigenvalue weighted by atomic mass is 10.1. The minimum atomic E-state index is -0.520. The van der Waals surface area contributed by atoms with E-state index in [4.69, 9.17) is 4.74 Å². The summed E-state index contributed by atoms with van der Waals surface area (Å²) in [5.41, 5.74) is 0.169. The maximum Gasteiger partial charge on any atom is 0.239 e. The molecule has 0 fully saturated rings. The molecule has 116 valence electrons. The van der Waals surface area contributed by atoms with Gasteiger partial charge in [0.05, 0.1) is 20.1 Å². The van der Waals surface area contributed by atoms with Crippen LogP contribution in [0.2, 0.25) is 0 Å². The Hall–Kier alpha value is -2.11. The van der Waals surface area contributed by atoms with Crippen LogP contribution in [-0.2, 0) is 16.0 Å². The first-order valence-electron chi connectivity index (χ1n) is 6.61. The van der Waals surface area contributed by atoms with Gasteiger partial charge in [-0.3, -0.25) is 9.59 Å². The van der Waals surface area contributed by atoms with Crippen molar-refractivity contribution in [3.05, 3.63) is 29.6 Å². The van der Waals surface area contributed by atoms with E-state index in [1.165, 1.54) is 19.2 Å². The molecule has 0 saturated carbocycles. The van der Waals surface area contributed by atoms with Gasteiger partial charge in [0.2, 0.25) is 11.8 Å². The molecule has 21 heavy (non-hydrogen) atoms. The Labute approximate surface area is 123 Å².